The monoisotopic (exact) mass is 298 g/mol. The highest BCUT2D eigenvalue weighted by Gasteiger charge is 2.32. The maximum absolute atomic E-state index is 4.94. The van der Waals surface area contributed by atoms with Crippen molar-refractivity contribution in [1.29, 1.82) is 0 Å². The van der Waals surface area contributed by atoms with Crippen LogP contribution in [0, 0.1) is 13.8 Å². The van der Waals surface area contributed by atoms with Gasteiger partial charge in [0, 0.05) is 11.3 Å². The molecule has 3 aromatic carbocycles. The van der Waals surface area contributed by atoms with Crippen LogP contribution in [-0.4, -0.2) is 5.84 Å². The predicted octanol–water partition coefficient (Wildman–Crippen LogP) is 5.53. The molecule has 2 nitrogen and oxygen atoms in total. The van der Waals surface area contributed by atoms with Gasteiger partial charge in [0.1, 0.15) is 5.84 Å². The van der Waals surface area contributed by atoms with Crippen LogP contribution in [0.1, 0.15) is 16.7 Å². The first kappa shape index (κ1) is 13.8. The quantitative estimate of drug-likeness (QED) is 0.607. The molecule has 1 heterocycles. The summed E-state index contributed by atoms with van der Waals surface area (Å²) < 4.78 is 0. The van der Waals surface area contributed by atoms with Crippen molar-refractivity contribution < 1.29 is 0 Å². The van der Waals surface area contributed by atoms with E-state index in [4.69, 9.17) is 4.99 Å². The van der Waals surface area contributed by atoms with Gasteiger partial charge in [-0.3, -0.25) is 4.90 Å². The van der Waals surface area contributed by atoms with Crippen LogP contribution in [0.5, 0.6) is 0 Å². The van der Waals surface area contributed by atoms with E-state index in [9.17, 15) is 0 Å². The molecule has 0 bridgehead atoms. The van der Waals surface area contributed by atoms with Crippen LogP contribution in [0.25, 0.3) is 0 Å². The van der Waals surface area contributed by atoms with Crippen LogP contribution < -0.4 is 4.90 Å². The number of para-hydroxylation sites is 2. The lowest BCUT2D eigenvalue weighted by atomic mass is 9.98. The lowest BCUT2D eigenvalue weighted by Crippen LogP contribution is -2.37. The smallest absolute Gasteiger partial charge is 0.147 e. The Bertz CT molecular complexity index is 895. The Balaban J connectivity index is 1.87. The van der Waals surface area contributed by atoms with Gasteiger partial charge in [-0.1, -0.05) is 42.5 Å². The van der Waals surface area contributed by atoms with E-state index >= 15 is 0 Å². The number of aliphatic imine (C=N–C) groups is 1. The summed E-state index contributed by atoms with van der Waals surface area (Å²) in [6.07, 6.45) is 0. The Morgan fingerprint density at radius 3 is 2.30 bits per heavy atom. The average Bonchev–Trinajstić information content (AvgIpc) is 2.56. The van der Waals surface area contributed by atoms with Gasteiger partial charge in [0.2, 0.25) is 0 Å². The molecule has 0 fully saturated rings. The van der Waals surface area contributed by atoms with E-state index in [-0.39, 0.29) is 0 Å². The zero-order valence-electron chi connectivity index (χ0n) is 13.3. The Morgan fingerprint density at radius 1 is 0.783 bits per heavy atom. The number of anilines is 2. The summed E-state index contributed by atoms with van der Waals surface area (Å²) >= 11 is 0. The van der Waals surface area contributed by atoms with E-state index in [0.29, 0.717) is 0 Å². The zero-order chi connectivity index (χ0) is 15.8. The molecule has 0 atom stereocenters. The molecular weight excluding hydrogens is 280 g/mol. The van der Waals surface area contributed by atoms with Gasteiger partial charge in [0.25, 0.3) is 0 Å². The van der Waals surface area contributed by atoms with Crippen molar-refractivity contribution in [2.24, 2.45) is 4.99 Å². The number of aryl methyl sites for hydroxylation is 2. The number of nitrogens with zero attached hydrogens (tertiary/aromatic N) is 2. The van der Waals surface area contributed by atoms with Crippen molar-refractivity contribution in [3.63, 3.8) is 0 Å². The highest BCUT2D eigenvalue weighted by molar-refractivity contribution is 6.27. The number of hydrogen-bond donors (Lipinski definition) is 0. The molecular formula is C21H18N2. The van der Waals surface area contributed by atoms with E-state index in [1.54, 1.807) is 0 Å². The number of amidine groups is 1. The largest absolute Gasteiger partial charge is 0.294 e. The summed E-state index contributed by atoms with van der Waals surface area (Å²) in [7, 11) is 0. The third kappa shape index (κ3) is 2.33. The molecule has 0 radical (unpaired) electrons. The van der Waals surface area contributed by atoms with Crippen molar-refractivity contribution in [3.05, 3.63) is 89.5 Å². The SMILES string of the molecule is Cc1ccc2c(c1)N(c1ccccc1)C2=Nc1ccccc1C. The molecule has 0 saturated heterocycles. The molecule has 0 aliphatic carbocycles. The second-order valence-corrected chi connectivity index (χ2v) is 5.91. The summed E-state index contributed by atoms with van der Waals surface area (Å²) in [6.45, 7) is 4.22. The molecule has 1 aliphatic heterocycles. The van der Waals surface area contributed by atoms with Crippen LogP contribution in [-0.2, 0) is 0 Å². The summed E-state index contributed by atoms with van der Waals surface area (Å²) in [5, 5.41) is 0. The molecule has 0 aromatic heterocycles. The predicted molar refractivity (Wildman–Crippen MR) is 97.1 cm³/mol. The van der Waals surface area contributed by atoms with Crippen molar-refractivity contribution in [2.75, 3.05) is 4.90 Å². The third-order valence-corrected chi connectivity index (χ3v) is 4.20. The van der Waals surface area contributed by atoms with E-state index in [0.717, 1.165) is 17.2 Å². The van der Waals surface area contributed by atoms with Gasteiger partial charge in [0.15, 0.2) is 0 Å². The van der Waals surface area contributed by atoms with Crippen LogP contribution in [0.3, 0.4) is 0 Å². The Hall–Kier alpha value is -2.87. The van der Waals surface area contributed by atoms with Gasteiger partial charge < -0.3 is 0 Å². The number of rotatable bonds is 2. The van der Waals surface area contributed by atoms with Crippen molar-refractivity contribution >= 4 is 22.9 Å². The van der Waals surface area contributed by atoms with Crippen LogP contribution >= 0.6 is 0 Å². The second-order valence-electron chi connectivity index (χ2n) is 5.91. The Kier molecular flexibility index (Phi) is 3.23. The number of hydrogen-bond acceptors (Lipinski definition) is 1. The van der Waals surface area contributed by atoms with E-state index < -0.39 is 0 Å². The minimum absolute atomic E-state index is 1.01. The van der Waals surface area contributed by atoms with Crippen LogP contribution in [0.4, 0.5) is 17.1 Å². The Labute approximate surface area is 136 Å². The fraction of sp³-hybridized carbons (Fsp3) is 0.0952. The summed E-state index contributed by atoms with van der Waals surface area (Å²) in [5.74, 6) is 1.01. The highest BCUT2D eigenvalue weighted by Crippen LogP contribution is 2.41. The number of benzene rings is 3. The average molecular weight is 298 g/mol. The van der Waals surface area contributed by atoms with E-state index in [2.05, 4.69) is 73.3 Å². The first-order valence-electron chi connectivity index (χ1n) is 7.84. The molecule has 4 rings (SSSR count). The summed E-state index contributed by atoms with van der Waals surface area (Å²) in [4.78, 5) is 7.17. The summed E-state index contributed by atoms with van der Waals surface area (Å²) in [5.41, 5.74) is 7.06. The summed E-state index contributed by atoms with van der Waals surface area (Å²) in [6, 6.07) is 25.2. The molecule has 0 N–H and O–H groups in total. The van der Waals surface area contributed by atoms with Gasteiger partial charge in [-0.05, 0) is 55.3 Å². The van der Waals surface area contributed by atoms with Gasteiger partial charge in [0.05, 0.1) is 11.4 Å². The fourth-order valence-electron chi connectivity index (χ4n) is 2.95. The van der Waals surface area contributed by atoms with Crippen LogP contribution in [0.2, 0.25) is 0 Å². The van der Waals surface area contributed by atoms with Gasteiger partial charge in [-0.2, -0.15) is 0 Å². The topological polar surface area (TPSA) is 15.6 Å². The molecule has 1 aliphatic rings. The normalized spacial score (nSPS) is 14.5. The maximum Gasteiger partial charge on any atom is 0.147 e. The highest BCUT2D eigenvalue weighted by atomic mass is 15.3. The zero-order valence-corrected chi connectivity index (χ0v) is 13.3. The van der Waals surface area contributed by atoms with E-state index in [1.165, 1.54) is 22.4 Å². The fourth-order valence-corrected chi connectivity index (χ4v) is 2.95. The molecule has 3 aromatic rings. The van der Waals surface area contributed by atoms with Gasteiger partial charge in [-0.25, -0.2) is 4.99 Å². The maximum atomic E-state index is 4.94. The molecule has 0 unspecified atom stereocenters. The first-order valence-corrected chi connectivity index (χ1v) is 7.84. The standard InChI is InChI=1S/C21H18N2/c1-15-12-13-18-20(14-15)23(17-9-4-3-5-10-17)21(18)22-19-11-7-6-8-16(19)2/h3-14H,1-2H3. The molecule has 0 amide bonds. The molecule has 112 valence electrons. The third-order valence-electron chi connectivity index (χ3n) is 4.20. The molecule has 0 saturated carbocycles. The van der Waals surface area contributed by atoms with E-state index in [1.807, 2.05) is 18.2 Å². The minimum Gasteiger partial charge on any atom is -0.294 e. The van der Waals surface area contributed by atoms with Crippen molar-refractivity contribution in [3.8, 4) is 0 Å². The second kappa shape index (κ2) is 5.40. The van der Waals surface area contributed by atoms with Crippen LogP contribution in [0.15, 0.2) is 77.8 Å². The van der Waals surface area contributed by atoms with Crippen molar-refractivity contribution in [1.82, 2.24) is 0 Å². The van der Waals surface area contributed by atoms with Gasteiger partial charge in [-0.15, -0.1) is 0 Å². The Morgan fingerprint density at radius 2 is 1.52 bits per heavy atom. The first-order chi connectivity index (χ1) is 11.2. The molecule has 0 spiro atoms. The lowest BCUT2D eigenvalue weighted by molar-refractivity contribution is 1.22. The molecule has 23 heavy (non-hydrogen) atoms. The lowest BCUT2D eigenvalue weighted by Gasteiger charge is -2.37. The van der Waals surface area contributed by atoms with Crippen molar-refractivity contribution in [2.45, 2.75) is 13.8 Å². The molecule has 2 heteroatoms. The number of fused-ring (bicyclic) bond motifs is 1. The van der Waals surface area contributed by atoms with Gasteiger partial charge >= 0.3 is 0 Å². The minimum atomic E-state index is 1.01.